The molecule has 3 aromatic rings. The van der Waals surface area contributed by atoms with Crippen molar-refractivity contribution < 1.29 is 24.2 Å². The van der Waals surface area contributed by atoms with E-state index in [1.54, 1.807) is 43.7 Å². The minimum absolute atomic E-state index is 0.297. The molecule has 3 rings (SSSR count). The van der Waals surface area contributed by atoms with Gasteiger partial charge in [-0.2, -0.15) is 0 Å². The standard InChI is InChI=1S/C19H16N4O5S2/c1-10-16(13-9-29-18(21-13)22-14(24)7-8-15(25)26)30-19(20-10)23-17(27)11-3-5-12(28-2)6-4-11/h3-9H,1-2H3,(H,25,26)(H,20,23,27)(H,21,22,24)/b8-7+. The summed E-state index contributed by atoms with van der Waals surface area (Å²) in [5.74, 6) is -1.44. The van der Waals surface area contributed by atoms with Gasteiger partial charge in [-0.1, -0.05) is 11.3 Å². The second-order valence-corrected chi connectivity index (χ2v) is 7.67. The number of amides is 2. The topological polar surface area (TPSA) is 131 Å². The lowest BCUT2D eigenvalue weighted by Crippen LogP contribution is -2.11. The Morgan fingerprint density at radius 1 is 1.07 bits per heavy atom. The van der Waals surface area contributed by atoms with Crippen LogP contribution in [0.3, 0.4) is 0 Å². The van der Waals surface area contributed by atoms with Gasteiger partial charge in [0.05, 0.1) is 23.4 Å². The van der Waals surface area contributed by atoms with Crippen molar-refractivity contribution in [3.63, 3.8) is 0 Å². The molecule has 0 aliphatic carbocycles. The number of carbonyl (C=O) groups excluding carboxylic acids is 2. The molecule has 0 atom stereocenters. The molecule has 0 fully saturated rings. The van der Waals surface area contributed by atoms with Crippen LogP contribution in [-0.4, -0.2) is 40.0 Å². The Balaban J connectivity index is 1.70. The number of carboxylic acids is 1. The average molecular weight is 444 g/mol. The molecule has 3 N–H and O–H groups in total. The van der Waals surface area contributed by atoms with Gasteiger partial charge in [0.2, 0.25) is 5.91 Å². The Morgan fingerprint density at radius 2 is 1.80 bits per heavy atom. The maximum absolute atomic E-state index is 12.4. The van der Waals surface area contributed by atoms with E-state index in [0.717, 1.165) is 17.0 Å². The van der Waals surface area contributed by atoms with Gasteiger partial charge in [-0.25, -0.2) is 14.8 Å². The number of carbonyl (C=O) groups is 3. The molecule has 0 unspecified atom stereocenters. The zero-order chi connectivity index (χ0) is 21.7. The molecular formula is C19H16N4O5S2. The van der Waals surface area contributed by atoms with E-state index in [4.69, 9.17) is 9.84 Å². The Labute approximate surface area is 179 Å². The normalized spacial score (nSPS) is 10.7. The van der Waals surface area contributed by atoms with E-state index in [1.807, 2.05) is 0 Å². The van der Waals surface area contributed by atoms with E-state index in [2.05, 4.69) is 20.6 Å². The molecule has 2 amide bonds. The van der Waals surface area contributed by atoms with Crippen LogP contribution < -0.4 is 15.4 Å². The number of methoxy groups -OCH3 is 1. The van der Waals surface area contributed by atoms with Gasteiger partial charge in [0, 0.05) is 23.1 Å². The van der Waals surface area contributed by atoms with Crippen LogP contribution in [0.2, 0.25) is 0 Å². The number of nitrogens with one attached hydrogen (secondary N) is 2. The van der Waals surface area contributed by atoms with Crippen LogP contribution in [-0.2, 0) is 9.59 Å². The van der Waals surface area contributed by atoms with E-state index in [9.17, 15) is 14.4 Å². The fraction of sp³-hybridized carbons (Fsp3) is 0.105. The van der Waals surface area contributed by atoms with Gasteiger partial charge < -0.3 is 9.84 Å². The summed E-state index contributed by atoms with van der Waals surface area (Å²) in [4.78, 5) is 44.0. The van der Waals surface area contributed by atoms with Crippen LogP contribution in [0.4, 0.5) is 10.3 Å². The molecule has 0 saturated heterocycles. The number of carboxylic acid groups (broad SMARTS) is 1. The number of rotatable bonds is 7. The quantitative estimate of drug-likeness (QED) is 0.476. The maximum atomic E-state index is 12.4. The molecule has 0 radical (unpaired) electrons. The highest BCUT2D eigenvalue weighted by atomic mass is 32.1. The van der Waals surface area contributed by atoms with E-state index in [-0.39, 0.29) is 5.91 Å². The largest absolute Gasteiger partial charge is 0.497 e. The van der Waals surface area contributed by atoms with Gasteiger partial charge in [0.25, 0.3) is 5.91 Å². The summed E-state index contributed by atoms with van der Waals surface area (Å²) < 4.78 is 5.08. The van der Waals surface area contributed by atoms with E-state index in [0.29, 0.717) is 33.0 Å². The molecule has 0 spiro atoms. The average Bonchev–Trinajstić information content (AvgIpc) is 3.32. The van der Waals surface area contributed by atoms with Gasteiger partial charge in [0.15, 0.2) is 10.3 Å². The van der Waals surface area contributed by atoms with Crippen molar-refractivity contribution in [2.45, 2.75) is 6.92 Å². The lowest BCUT2D eigenvalue weighted by atomic mass is 10.2. The second-order valence-electron chi connectivity index (χ2n) is 5.81. The van der Waals surface area contributed by atoms with Crippen LogP contribution in [0, 0.1) is 6.92 Å². The monoisotopic (exact) mass is 444 g/mol. The molecular weight excluding hydrogens is 428 g/mol. The number of anilines is 2. The van der Waals surface area contributed by atoms with Gasteiger partial charge >= 0.3 is 5.97 Å². The lowest BCUT2D eigenvalue weighted by molar-refractivity contribution is -0.131. The van der Waals surface area contributed by atoms with E-state index in [1.165, 1.54) is 22.7 Å². The summed E-state index contributed by atoms with van der Waals surface area (Å²) in [6.45, 7) is 1.79. The van der Waals surface area contributed by atoms with Crippen molar-refractivity contribution >= 4 is 50.7 Å². The third-order valence-electron chi connectivity index (χ3n) is 3.71. The van der Waals surface area contributed by atoms with Gasteiger partial charge in [-0.15, -0.1) is 11.3 Å². The Hall–Kier alpha value is -3.57. The van der Waals surface area contributed by atoms with Crippen LogP contribution in [0.25, 0.3) is 10.6 Å². The molecule has 2 aromatic heterocycles. The molecule has 0 aliphatic rings. The molecule has 1 aromatic carbocycles. The third-order valence-corrected chi connectivity index (χ3v) is 5.57. The first kappa shape index (κ1) is 21.1. The highest BCUT2D eigenvalue weighted by Crippen LogP contribution is 2.34. The smallest absolute Gasteiger partial charge is 0.328 e. The summed E-state index contributed by atoms with van der Waals surface area (Å²) in [6.07, 6.45) is 1.66. The predicted octanol–water partition coefficient (Wildman–Crippen LogP) is 3.42. The first-order valence-corrected chi connectivity index (χ1v) is 10.2. The van der Waals surface area contributed by atoms with Crippen LogP contribution >= 0.6 is 22.7 Å². The van der Waals surface area contributed by atoms with E-state index < -0.39 is 11.9 Å². The maximum Gasteiger partial charge on any atom is 0.328 e. The first-order valence-electron chi connectivity index (χ1n) is 8.46. The predicted molar refractivity (Wildman–Crippen MR) is 114 cm³/mol. The zero-order valence-corrected chi connectivity index (χ0v) is 17.5. The summed E-state index contributed by atoms with van der Waals surface area (Å²) in [5, 5.41) is 16.3. The summed E-state index contributed by atoms with van der Waals surface area (Å²) in [6, 6.07) is 6.71. The van der Waals surface area contributed by atoms with Gasteiger partial charge in [-0.3, -0.25) is 20.2 Å². The number of benzene rings is 1. The number of aromatic nitrogens is 2. The van der Waals surface area contributed by atoms with Gasteiger partial charge in [0.1, 0.15) is 5.75 Å². The molecule has 30 heavy (non-hydrogen) atoms. The van der Waals surface area contributed by atoms with Crippen molar-refractivity contribution in [3.8, 4) is 16.3 Å². The van der Waals surface area contributed by atoms with Crippen molar-refractivity contribution in [2.75, 3.05) is 17.7 Å². The van der Waals surface area contributed by atoms with Crippen molar-refractivity contribution in [1.29, 1.82) is 0 Å². The molecule has 0 aliphatic heterocycles. The van der Waals surface area contributed by atoms with Crippen molar-refractivity contribution in [2.24, 2.45) is 0 Å². The van der Waals surface area contributed by atoms with Crippen molar-refractivity contribution in [1.82, 2.24) is 9.97 Å². The molecule has 2 heterocycles. The second kappa shape index (κ2) is 9.29. The molecule has 0 bridgehead atoms. The molecule has 154 valence electrons. The number of hydrogen-bond donors (Lipinski definition) is 3. The SMILES string of the molecule is COc1ccc(C(=O)Nc2nc(C)c(-c3csc(NC(=O)/C=C/C(=O)O)n3)s2)cc1. The molecule has 0 saturated carbocycles. The summed E-state index contributed by atoms with van der Waals surface area (Å²) >= 11 is 2.46. The van der Waals surface area contributed by atoms with E-state index >= 15 is 0 Å². The highest BCUT2D eigenvalue weighted by molar-refractivity contribution is 7.20. The Kier molecular flexibility index (Phi) is 6.54. The third kappa shape index (κ3) is 5.27. The van der Waals surface area contributed by atoms with Gasteiger partial charge in [-0.05, 0) is 31.2 Å². The minimum Gasteiger partial charge on any atom is -0.497 e. The van der Waals surface area contributed by atoms with Crippen molar-refractivity contribution in [3.05, 3.63) is 53.1 Å². The minimum atomic E-state index is -1.21. The molecule has 11 heteroatoms. The van der Waals surface area contributed by atoms with Crippen LogP contribution in [0.1, 0.15) is 16.1 Å². The number of hydrogen-bond acceptors (Lipinski definition) is 8. The van der Waals surface area contributed by atoms with Crippen LogP contribution in [0.5, 0.6) is 5.75 Å². The van der Waals surface area contributed by atoms with Crippen LogP contribution in [0.15, 0.2) is 41.8 Å². The summed E-state index contributed by atoms with van der Waals surface area (Å²) in [7, 11) is 1.55. The number of aryl methyl sites for hydroxylation is 1. The Bertz CT molecular complexity index is 1120. The number of nitrogens with zero attached hydrogens (tertiary/aromatic N) is 2. The lowest BCUT2D eigenvalue weighted by Gasteiger charge is -2.03. The Morgan fingerprint density at radius 3 is 2.47 bits per heavy atom. The number of aliphatic carboxylic acids is 1. The fourth-order valence-corrected chi connectivity index (χ4v) is 4.03. The molecule has 9 nitrogen and oxygen atoms in total. The number of ether oxygens (including phenoxy) is 1. The zero-order valence-electron chi connectivity index (χ0n) is 15.8. The summed E-state index contributed by atoms with van der Waals surface area (Å²) in [5.41, 5.74) is 1.75. The first-order chi connectivity index (χ1) is 14.4. The number of thiazole rings is 2. The highest BCUT2D eigenvalue weighted by Gasteiger charge is 2.16. The fourth-order valence-electron chi connectivity index (χ4n) is 2.33.